The molecule has 1 fully saturated rings. The molecule has 0 amide bonds. The largest absolute Gasteiger partial charge is 0.468 e. The van der Waals surface area contributed by atoms with Crippen LogP contribution in [0.2, 0.25) is 0 Å². The number of nitrogens with one attached hydrogen (secondary N) is 1. The third-order valence-electron chi connectivity index (χ3n) is 4.05. The fourth-order valence-corrected chi connectivity index (χ4v) is 2.88. The number of carbonyl (C=O) groups is 1. The van der Waals surface area contributed by atoms with Crippen LogP contribution >= 0.6 is 0 Å². The van der Waals surface area contributed by atoms with Crippen molar-refractivity contribution in [1.29, 1.82) is 0 Å². The molecule has 1 aliphatic heterocycles. The first kappa shape index (κ1) is 16.4. The van der Waals surface area contributed by atoms with Crippen LogP contribution in [0.5, 0.6) is 0 Å². The topological polar surface area (TPSA) is 41.6 Å². The summed E-state index contributed by atoms with van der Waals surface area (Å²) < 4.78 is 4.88. The van der Waals surface area contributed by atoms with Crippen LogP contribution in [0.3, 0.4) is 0 Å². The Balaban J connectivity index is 2.42. The molecule has 0 aromatic heterocycles. The van der Waals surface area contributed by atoms with E-state index in [0.717, 1.165) is 25.9 Å². The van der Waals surface area contributed by atoms with Gasteiger partial charge in [0.05, 0.1) is 7.11 Å². The Hall–Kier alpha value is -0.610. The summed E-state index contributed by atoms with van der Waals surface area (Å²) in [7, 11) is 1.47. The van der Waals surface area contributed by atoms with Crippen LogP contribution in [0.15, 0.2) is 0 Å². The highest BCUT2D eigenvalue weighted by Gasteiger charge is 2.24. The number of hydrogen-bond acceptors (Lipinski definition) is 4. The predicted octanol–water partition coefficient (Wildman–Crippen LogP) is 2.18. The molecule has 2 unspecified atom stereocenters. The molecule has 1 heterocycles. The maximum absolute atomic E-state index is 11.7. The van der Waals surface area contributed by atoms with Gasteiger partial charge in [-0.05, 0) is 45.2 Å². The third-order valence-corrected chi connectivity index (χ3v) is 4.05. The minimum Gasteiger partial charge on any atom is -0.468 e. The average molecular weight is 270 g/mol. The number of methoxy groups -OCH3 is 1. The lowest BCUT2D eigenvalue weighted by Crippen LogP contribution is -2.44. The molecule has 0 radical (unpaired) electrons. The lowest BCUT2D eigenvalue weighted by Gasteiger charge is -2.35. The maximum atomic E-state index is 11.7. The summed E-state index contributed by atoms with van der Waals surface area (Å²) in [6.45, 7) is 7.42. The van der Waals surface area contributed by atoms with E-state index in [1.807, 2.05) is 0 Å². The first-order valence-electron chi connectivity index (χ1n) is 7.78. The highest BCUT2D eigenvalue weighted by molar-refractivity contribution is 5.75. The highest BCUT2D eigenvalue weighted by atomic mass is 16.5. The van der Waals surface area contributed by atoms with Gasteiger partial charge < -0.3 is 15.0 Å². The van der Waals surface area contributed by atoms with E-state index in [0.29, 0.717) is 6.04 Å². The van der Waals surface area contributed by atoms with Crippen molar-refractivity contribution in [2.24, 2.45) is 0 Å². The molecule has 0 spiro atoms. The Morgan fingerprint density at radius 2 is 2.21 bits per heavy atom. The van der Waals surface area contributed by atoms with Crippen LogP contribution in [-0.2, 0) is 9.53 Å². The maximum Gasteiger partial charge on any atom is 0.322 e. The van der Waals surface area contributed by atoms with Crippen molar-refractivity contribution in [2.75, 3.05) is 26.7 Å². The van der Waals surface area contributed by atoms with Crippen LogP contribution in [0.4, 0.5) is 0 Å². The van der Waals surface area contributed by atoms with Gasteiger partial charge in [-0.15, -0.1) is 0 Å². The van der Waals surface area contributed by atoms with Crippen molar-refractivity contribution >= 4 is 5.97 Å². The van der Waals surface area contributed by atoms with Crippen molar-refractivity contribution in [3.05, 3.63) is 0 Å². The number of carbonyl (C=O) groups excluding carboxylic acids is 1. The zero-order valence-electron chi connectivity index (χ0n) is 12.8. The van der Waals surface area contributed by atoms with Gasteiger partial charge in [-0.2, -0.15) is 0 Å². The molecule has 112 valence electrons. The summed E-state index contributed by atoms with van der Waals surface area (Å²) >= 11 is 0. The van der Waals surface area contributed by atoms with Gasteiger partial charge in [0, 0.05) is 12.6 Å². The molecule has 1 aliphatic rings. The first-order chi connectivity index (χ1) is 9.22. The number of piperidine rings is 1. The smallest absolute Gasteiger partial charge is 0.322 e. The van der Waals surface area contributed by atoms with Crippen molar-refractivity contribution in [2.45, 2.75) is 64.5 Å². The van der Waals surface area contributed by atoms with E-state index in [9.17, 15) is 4.79 Å². The lowest BCUT2D eigenvalue weighted by atomic mass is 9.99. The Bertz CT molecular complexity index is 259. The van der Waals surface area contributed by atoms with Crippen LogP contribution in [0, 0.1) is 0 Å². The second-order valence-electron chi connectivity index (χ2n) is 5.41. The van der Waals surface area contributed by atoms with Crippen molar-refractivity contribution < 1.29 is 9.53 Å². The quantitative estimate of drug-likeness (QED) is 0.686. The molecular formula is C15H30N2O2. The van der Waals surface area contributed by atoms with Crippen LogP contribution in [0.25, 0.3) is 0 Å². The van der Waals surface area contributed by atoms with E-state index in [1.54, 1.807) is 0 Å². The van der Waals surface area contributed by atoms with Gasteiger partial charge in [0.1, 0.15) is 6.04 Å². The van der Waals surface area contributed by atoms with E-state index in [4.69, 9.17) is 4.74 Å². The molecular weight excluding hydrogens is 240 g/mol. The molecule has 0 bridgehead atoms. The Morgan fingerprint density at radius 1 is 1.42 bits per heavy atom. The summed E-state index contributed by atoms with van der Waals surface area (Å²) in [4.78, 5) is 14.3. The van der Waals surface area contributed by atoms with Gasteiger partial charge in [-0.3, -0.25) is 4.79 Å². The van der Waals surface area contributed by atoms with Crippen LogP contribution in [-0.4, -0.2) is 49.7 Å². The van der Waals surface area contributed by atoms with E-state index in [2.05, 4.69) is 24.1 Å². The fourth-order valence-electron chi connectivity index (χ4n) is 2.88. The van der Waals surface area contributed by atoms with E-state index in [-0.39, 0.29) is 12.0 Å². The van der Waals surface area contributed by atoms with Gasteiger partial charge in [0.15, 0.2) is 0 Å². The molecule has 0 aliphatic carbocycles. The number of likely N-dealkylation sites (tertiary alicyclic amines) is 1. The minimum absolute atomic E-state index is 0.126. The predicted molar refractivity (Wildman–Crippen MR) is 78.2 cm³/mol. The molecule has 0 aromatic carbocycles. The molecule has 1 rings (SSSR count). The van der Waals surface area contributed by atoms with Gasteiger partial charge in [-0.25, -0.2) is 0 Å². The zero-order chi connectivity index (χ0) is 14.1. The SMILES string of the molecule is CCCNC(CCN1CCCCC1CC)C(=O)OC. The van der Waals surface area contributed by atoms with Crippen molar-refractivity contribution in [3.63, 3.8) is 0 Å². The monoisotopic (exact) mass is 270 g/mol. The third kappa shape index (κ3) is 5.49. The molecule has 19 heavy (non-hydrogen) atoms. The van der Waals surface area contributed by atoms with Gasteiger partial charge in [-0.1, -0.05) is 20.3 Å². The molecule has 0 saturated carbocycles. The Morgan fingerprint density at radius 3 is 2.84 bits per heavy atom. The molecule has 0 aromatic rings. The highest BCUT2D eigenvalue weighted by Crippen LogP contribution is 2.19. The van der Waals surface area contributed by atoms with Gasteiger partial charge in [0.2, 0.25) is 0 Å². The summed E-state index contributed by atoms with van der Waals surface area (Å²) in [5, 5.41) is 3.29. The normalized spacial score (nSPS) is 22.2. The van der Waals surface area contributed by atoms with Gasteiger partial charge in [0.25, 0.3) is 0 Å². The second kappa shape index (κ2) is 9.32. The van der Waals surface area contributed by atoms with E-state index >= 15 is 0 Å². The van der Waals surface area contributed by atoms with Crippen molar-refractivity contribution in [1.82, 2.24) is 10.2 Å². The van der Waals surface area contributed by atoms with E-state index < -0.39 is 0 Å². The van der Waals surface area contributed by atoms with Crippen LogP contribution < -0.4 is 5.32 Å². The summed E-state index contributed by atoms with van der Waals surface area (Å²) in [5.74, 6) is -0.126. The summed E-state index contributed by atoms with van der Waals surface area (Å²) in [6.07, 6.45) is 7.05. The summed E-state index contributed by atoms with van der Waals surface area (Å²) in [6, 6.07) is 0.558. The molecule has 4 nitrogen and oxygen atoms in total. The van der Waals surface area contributed by atoms with E-state index in [1.165, 1.54) is 39.3 Å². The standard InChI is InChI=1S/C15H30N2O2/c1-4-10-16-14(15(18)19-3)9-12-17-11-7-6-8-13(17)5-2/h13-14,16H,4-12H2,1-3H3. The number of ether oxygens (including phenoxy) is 1. The van der Waals surface area contributed by atoms with Crippen molar-refractivity contribution in [3.8, 4) is 0 Å². The summed E-state index contributed by atoms with van der Waals surface area (Å²) in [5.41, 5.74) is 0. The lowest BCUT2D eigenvalue weighted by molar-refractivity contribution is -0.143. The first-order valence-corrected chi connectivity index (χ1v) is 7.78. The average Bonchev–Trinajstić information content (AvgIpc) is 2.47. The molecule has 4 heteroatoms. The van der Waals surface area contributed by atoms with Crippen LogP contribution in [0.1, 0.15) is 52.4 Å². The molecule has 1 N–H and O–H groups in total. The molecule has 1 saturated heterocycles. The number of hydrogen-bond donors (Lipinski definition) is 1. The minimum atomic E-state index is -0.149. The molecule has 2 atom stereocenters. The van der Waals surface area contributed by atoms with Gasteiger partial charge >= 0.3 is 5.97 Å². The Kier molecular flexibility index (Phi) is 8.07. The fraction of sp³-hybridized carbons (Fsp3) is 0.933. The number of nitrogens with zero attached hydrogens (tertiary/aromatic N) is 1. The Labute approximate surface area is 117 Å². The number of esters is 1. The zero-order valence-corrected chi connectivity index (χ0v) is 12.8. The second-order valence-corrected chi connectivity index (χ2v) is 5.41. The number of rotatable bonds is 8.